The van der Waals surface area contributed by atoms with Gasteiger partial charge in [-0.3, -0.25) is 5.32 Å². The van der Waals surface area contributed by atoms with E-state index in [2.05, 4.69) is 60.8 Å². The van der Waals surface area contributed by atoms with Crippen molar-refractivity contribution in [2.75, 3.05) is 6.54 Å². The van der Waals surface area contributed by atoms with Crippen LogP contribution in [0.4, 0.5) is 0 Å². The number of hydrogen-bond acceptors (Lipinski definition) is 1. The van der Waals surface area contributed by atoms with Crippen LogP contribution in [0.1, 0.15) is 11.3 Å². The Bertz CT molecular complexity index is 572. The fraction of sp³-hybridized carbons (Fsp3) is 0.333. The van der Waals surface area contributed by atoms with Crippen LogP contribution in [0, 0.1) is 6.92 Å². The summed E-state index contributed by atoms with van der Waals surface area (Å²) in [4.78, 5) is 0. The molecule has 0 radical (unpaired) electrons. The number of fused-ring (bicyclic) bond motifs is 3. The van der Waals surface area contributed by atoms with Gasteiger partial charge in [-0.1, -0.05) is 15.9 Å². The first-order chi connectivity index (χ1) is 7.68. The zero-order valence-electron chi connectivity index (χ0n) is 8.98. The molecule has 3 rings (SSSR count). The lowest BCUT2D eigenvalue weighted by Gasteiger charge is -2.18. The lowest BCUT2D eigenvalue weighted by Crippen LogP contribution is -2.28. The summed E-state index contributed by atoms with van der Waals surface area (Å²) in [5.74, 6) is 0. The Morgan fingerprint density at radius 1 is 1.31 bits per heavy atom. The third-order valence-corrected chi connectivity index (χ3v) is 4.33. The number of hydrogen-bond donors (Lipinski definition) is 1. The second kappa shape index (κ2) is 3.86. The molecule has 0 atom stereocenters. The zero-order chi connectivity index (χ0) is 11.3. The van der Waals surface area contributed by atoms with Crippen molar-refractivity contribution in [1.29, 1.82) is 0 Å². The highest BCUT2D eigenvalue weighted by molar-refractivity contribution is 9.11. The largest absolute Gasteiger partial charge is 0.330 e. The van der Waals surface area contributed by atoms with Crippen LogP contribution in [0.15, 0.2) is 21.1 Å². The van der Waals surface area contributed by atoms with Crippen molar-refractivity contribution in [2.45, 2.75) is 20.0 Å². The fourth-order valence-corrected chi connectivity index (χ4v) is 3.95. The molecule has 0 spiro atoms. The van der Waals surface area contributed by atoms with Crippen LogP contribution in [0.3, 0.4) is 0 Å². The molecule has 0 amide bonds. The summed E-state index contributed by atoms with van der Waals surface area (Å²) in [6.45, 7) is 4.22. The van der Waals surface area contributed by atoms with Crippen LogP contribution in [-0.2, 0) is 13.1 Å². The Hall–Kier alpha value is -0.320. The summed E-state index contributed by atoms with van der Waals surface area (Å²) < 4.78 is 4.67. The molecule has 0 fully saturated rings. The Morgan fingerprint density at radius 2 is 2.12 bits per heavy atom. The number of halogens is 2. The van der Waals surface area contributed by atoms with E-state index in [-0.39, 0.29) is 0 Å². The molecular formula is C12H12Br2N2. The molecule has 1 aromatic carbocycles. The van der Waals surface area contributed by atoms with Gasteiger partial charge in [0.15, 0.2) is 0 Å². The molecule has 0 aliphatic carbocycles. The molecule has 0 saturated heterocycles. The van der Waals surface area contributed by atoms with Gasteiger partial charge in [-0.25, -0.2) is 0 Å². The number of aryl methyl sites for hydroxylation is 1. The monoisotopic (exact) mass is 342 g/mol. The highest BCUT2D eigenvalue weighted by atomic mass is 79.9. The molecular weight excluding hydrogens is 332 g/mol. The zero-order valence-corrected chi connectivity index (χ0v) is 12.2. The number of nitrogens with one attached hydrogen (secondary N) is 1. The molecule has 1 aliphatic heterocycles. The first-order valence-electron chi connectivity index (χ1n) is 5.36. The molecule has 2 nitrogen and oxygen atoms in total. The van der Waals surface area contributed by atoms with Crippen molar-refractivity contribution in [3.63, 3.8) is 0 Å². The van der Waals surface area contributed by atoms with Crippen LogP contribution in [0.2, 0.25) is 0 Å². The third kappa shape index (κ3) is 1.47. The summed E-state index contributed by atoms with van der Waals surface area (Å²) in [6.07, 6.45) is 1.12. The molecule has 2 heterocycles. The maximum Gasteiger partial charge on any atom is 0.0729 e. The minimum absolute atomic E-state index is 0.917. The molecule has 0 unspecified atom stereocenters. The van der Waals surface area contributed by atoms with Gasteiger partial charge in [0.25, 0.3) is 0 Å². The van der Waals surface area contributed by atoms with Gasteiger partial charge in [0.05, 0.1) is 12.2 Å². The lowest BCUT2D eigenvalue weighted by molar-refractivity contribution is 0.504. The van der Waals surface area contributed by atoms with E-state index >= 15 is 0 Å². The highest BCUT2D eigenvalue weighted by Gasteiger charge is 2.18. The van der Waals surface area contributed by atoms with Crippen molar-refractivity contribution in [3.05, 3.63) is 32.3 Å². The summed E-state index contributed by atoms with van der Waals surface area (Å²) >= 11 is 7.22. The first kappa shape index (κ1) is 10.8. The van der Waals surface area contributed by atoms with Crippen molar-refractivity contribution in [3.8, 4) is 0 Å². The standard InChI is InChI=1S/C12H12Br2N2/c1-7-9-4-8(13)5-10(14)12(9)16-6-15-3-2-11(7)16/h4-5,15H,2-3,6H2,1H3. The maximum absolute atomic E-state index is 3.66. The van der Waals surface area contributed by atoms with E-state index in [0.29, 0.717) is 0 Å². The van der Waals surface area contributed by atoms with Crippen molar-refractivity contribution >= 4 is 42.8 Å². The van der Waals surface area contributed by atoms with Gasteiger partial charge in [-0.15, -0.1) is 0 Å². The van der Waals surface area contributed by atoms with E-state index in [4.69, 9.17) is 0 Å². The van der Waals surface area contributed by atoms with Gasteiger partial charge < -0.3 is 4.57 Å². The van der Waals surface area contributed by atoms with E-state index in [1.165, 1.54) is 22.2 Å². The topological polar surface area (TPSA) is 17.0 Å². The summed E-state index contributed by atoms with van der Waals surface area (Å²) in [7, 11) is 0. The molecule has 16 heavy (non-hydrogen) atoms. The Morgan fingerprint density at radius 3 is 2.94 bits per heavy atom. The van der Waals surface area contributed by atoms with Gasteiger partial charge in [0, 0.05) is 33.0 Å². The minimum atomic E-state index is 0.917. The third-order valence-electron chi connectivity index (χ3n) is 3.27. The quantitative estimate of drug-likeness (QED) is 0.773. The molecule has 2 aromatic rings. The van der Waals surface area contributed by atoms with E-state index < -0.39 is 0 Å². The van der Waals surface area contributed by atoms with Crippen molar-refractivity contribution in [2.24, 2.45) is 0 Å². The summed E-state index contributed by atoms with van der Waals surface area (Å²) in [5, 5.41) is 4.77. The molecule has 84 valence electrons. The van der Waals surface area contributed by atoms with Crippen molar-refractivity contribution < 1.29 is 0 Å². The molecule has 1 N–H and O–H groups in total. The van der Waals surface area contributed by atoms with Crippen LogP contribution in [-0.4, -0.2) is 11.1 Å². The van der Waals surface area contributed by atoms with Gasteiger partial charge in [0.1, 0.15) is 0 Å². The van der Waals surface area contributed by atoms with E-state index in [1.54, 1.807) is 0 Å². The average molecular weight is 344 g/mol. The van der Waals surface area contributed by atoms with E-state index in [9.17, 15) is 0 Å². The SMILES string of the molecule is Cc1c2n(c3c(Br)cc(Br)cc13)CNCC2. The molecule has 0 saturated carbocycles. The lowest BCUT2D eigenvalue weighted by atomic mass is 10.1. The van der Waals surface area contributed by atoms with Crippen molar-refractivity contribution in [1.82, 2.24) is 9.88 Å². The highest BCUT2D eigenvalue weighted by Crippen LogP contribution is 2.34. The second-order valence-corrected chi connectivity index (χ2v) is 5.96. The van der Waals surface area contributed by atoms with Gasteiger partial charge >= 0.3 is 0 Å². The van der Waals surface area contributed by atoms with Gasteiger partial charge in [-0.05, 0) is 40.5 Å². The molecule has 1 aliphatic rings. The van der Waals surface area contributed by atoms with Gasteiger partial charge in [-0.2, -0.15) is 0 Å². The van der Waals surface area contributed by atoms with Gasteiger partial charge in [0.2, 0.25) is 0 Å². The Balaban J connectivity index is 2.44. The predicted molar refractivity (Wildman–Crippen MR) is 73.8 cm³/mol. The number of benzene rings is 1. The molecule has 4 heteroatoms. The molecule has 0 bridgehead atoms. The minimum Gasteiger partial charge on any atom is -0.330 e. The average Bonchev–Trinajstić information content (AvgIpc) is 2.54. The number of aromatic nitrogens is 1. The maximum atomic E-state index is 3.66. The summed E-state index contributed by atoms with van der Waals surface area (Å²) in [5.41, 5.74) is 4.19. The van der Waals surface area contributed by atoms with Crippen LogP contribution < -0.4 is 5.32 Å². The molecule has 1 aromatic heterocycles. The summed E-state index contributed by atoms with van der Waals surface area (Å²) in [6, 6.07) is 4.32. The van der Waals surface area contributed by atoms with E-state index in [0.717, 1.165) is 28.6 Å². The van der Waals surface area contributed by atoms with Crippen LogP contribution >= 0.6 is 31.9 Å². The van der Waals surface area contributed by atoms with E-state index in [1.807, 2.05) is 0 Å². The fourth-order valence-electron chi connectivity index (χ4n) is 2.51. The Kier molecular flexibility index (Phi) is 2.61. The number of nitrogens with zero attached hydrogens (tertiary/aromatic N) is 1. The smallest absolute Gasteiger partial charge is 0.0729 e. The first-order valence-corrected chi connectivity index (χ1v) is 6.94. The van der Waals surface area contributed by atoms with Crippen LogP contribution in [0.25, 0.3) is 10.9 Å². The normalized spacial score (nSPS) is 15.4. The van der Waals surface area contributed by atoms with Crippen LogP contribution in [0.5, 0.6) is 0 Å². The second-order valence-electron chi connectivity index (χ2n) is 4.19. The predicted octanol–water partition coefficient (Wildman–Crippen LogP) is 3.58. The Labute approximate surface area is 111 Å². The number of rotatable bonds is 0.